The van der Waals surface area contributed by atoms with Gasteiger partial charge < -0.3 is 10.6 Å². The first-order valence-electron chi connectivity index (χ1n) is 4.11. The summed E-state index contributed by atoms with van der Waals surface area (Å²) < 4.78 is 0. The molecule has 0 aliphatic carbocycles. The maximum atomic E-state index is 5.62. The Morgan fingerprint density at radius 1 is 1.50 bits per heavy atom. The van der Waals surface area contributed by atoms with Crippen LogP contribution in [0.1, 0.15) is 26.7 Å². The van der Waals surface area contributed by atoms with Gasteiger partial charge in [0, 0.05) is 12.6 Å². The molecule has 0 spiro atoms. The predicted octanol–water partition coefficient (Wildman–Crippen LogP) is 1.07. The van der Waals surface area contributed by atoms with Gasteiger partial charge in [0.05, 0.1) is 0 Å². The zero-order valence-corrected chi connectivity index (χ0v) is 7.43. The fourth-order valence-corrected chi connectivity index (χ4v) is 1.01. The van der Waals surface area contributed by atoms with Crippen LogP contribution in [0, 0.1) is 0 Å². The van der Waals surface area contributed by atoms with Crippen molar-refractivity contribution >= 4 is 0 Å². The highest BCUT2D eigenvalue weighted by Gasteiger charge is 1.99. The lowest BCUT2D eigenvalue weighted by atomic mass is 10.3. The molecule has 0 aliphatic heterocycles. The Labute approximate surface area is 64.4 Å². The molecule has 0 saturated carbocycles. The molecule has 2 N–H and O–H groups in total. The average Bonchev–Trinajstić information content (AvgIpc) is 1.82. The van der Waals surface area contributed by atoms with Crippen LogP contribution in [0.4, 0.5) is 0 Å². The molecule has 10 heavy (non-hydrogen) atoms. The van der Waals surface area contributed by atoms with Gasteiger partial charge in [0.1, 0.15) is 0 Å². The van der Waals surface area contributed by atoms with E-state index in [9.17, 15) is 0 Å². The molecule has 0 radical (unpaired) electrons. The molecule has 0 aromatic rings. The van der Waals surface area contributed by atoms with Gasteiger partial charge in [-0.1, -0.05) is 13.3 Å². The second-order valence-electron chi connectivity index (χ2n) is 3.09. The van der Waals surface area contributed by atoms with Gasteiger partial charge >= 0.3 is 0 Å². The molecule has 0 amide bonds. The zero-order chi connectivity index (χ0) is 7.98. The Morgan fingerprint density at radius 3 is 2.50 bits per heavy atom. The fraction of sp³-hybridized carbons (Fsp3) is 1.00. The van der Waals surface area contributed by atoms with Gasteiger partial charge in [0.25, 0.3) is 0 Å². The third-order valence-corrected chi connectivity index (χ3v) is 1.49. The van der Waals surface area contributed by atoms with Crippen LogP contribution in [0.3, 0.4) is 0 Å². The van der Waals surface area contributed by atoms with Crippen molar-refractivity contribution in [2.75, 3.05) is 20.1 Å². The van der Waals surface area contributed by atoms with Gasteiger partial charge in [0.2, 0.25) is 0 Å². The van der Waals surface area contributed by atoms with E-state index in [0.717, 1.165) is 6.54 Å². The Kier molecular flexibility index (Phi) is 5.64. The van der Waals surface area contributed by atoms with Crippen molar-refractivity contribution in [3.05, 3.63) is 0 Å². The molecule has 0 saturated heterocycles. The second-order valence-corrected chi connectivity index (χ2v) is 3.09. The van der Waals surface area contributed by atoms with Gasteiger partial charge in [0.15, 0.2) is 0 Å². The highest BCUT2D eigenvalue weighted by molar-refractivity contribution is 4.59. The summed E-state index contributed by atoms with van der Waals surface area (Å²) in [6.07, 6.45) is 2.55. The molecule has 1 unspecified atom stereocenters. The number of nitrogens with two attached hydrogens (primary N) is 1. The summed E-state index contributed by atoms with van der Waals surface area (Å²) in [6, 6.07) is 0.307. The standard InChI is InChI=1S/C8H20N2/c1-4-5-6-10(3)7-8(2)9/h8H,4-7,9H2,1-3H3. The largest absolute Gasteiger partial charge is 0.327 e. The molecule has 62 valence electrons. The second kappa shape index (κ2) is 5.69. The van der Waals surface area contributed by atoms with Crippen LogP contribution in [-0.2, 0) is 0 Å². The molecular weight excluding hydrogens is 124 g/mol. The van der Waals surface area contributed by atoms with E-state index < -0.39 is 0 Å². The SMILES string of the molecule is CCCCN(C)CC(C)N. The molecule has 0 bridgehead atoms. The van der Waals surface area contributed by atoms with Crippen molar-refractivity contribution < 1.29 is 0 Å². The van der Waals surface area contributed by atoms with Gasteiger partial charge in [-0.2, -0.15) is 0 Å². The number of unbranched alkanes of at least 4 members (excludes halogenated alkanes) is 1. The van der Waals surface area contributed by atoms with Crippen LogP contribution in [0.2, 0.25) is 0 Å². The van der Waals surface area contributed by atoms with Crippen molar-refractivity contribution in [1.29, 1.82) is 0 Å². The number of rotatable bonds is 5. The molecule has 0 aromatic carbocycles. The zero-order valence-electron chi connectivity index (χ0n) is 7.43. The maximum Gasteiger partial charge on any atom is 0.0139 e. The summed E-state index contributed by atoms with van der Waals surface area (Å²) in [5, 5.41) is 0. The molecular formula is C8H20N2. The normalized spacial score (nSPS) is 14.1. The molecule has 0 heterocycles. The third-order valence-electron chi connectivity index (χ3n) is 1.49. The van der Waals surface area contributed by atoms with Gasteiger partial charge in [-0.15, -0.1) is 0 Å². The van der Waals surface area contributed by atoms with Gasteiger partial charge in [-0.05, 0) is 26.9 Å². The lowest BCUT2D eigenvalue weighted by Crippen LogP contribution is -2.33. The quantitative estimate of drug-likeness (QED) is 0.625. The highest BCUT2D eigenvalue weighted by Crippen LogP contribution is 1.91. The van der Waals surface area contributed by atoms with Crippen LogP contribution >= 0.6 is 0 Å². The number of hydrogen-bond acceptors (Lipinski definition) is 2. The van der Waals surface area contributed by atoms with Crippen molar-refractivity contribution in [2.45, 2.75) is 32.7 Å². The first-order chi connectivity index (χ1) is 4.66. The summed E-state index contributed by atoms with van der Waals surface area (Å²) in [6.45, 7) is 6.44. The Morgan fingerprint density at radius 2 is 2.10 bits per heavy atom. The van der Waals surface area contributed by atoms with E-state index in [1.165, 1.54) is 19.4 Å². The number of nitrogens with zero attached hydrogens (tertiary/aromatic N) is 1. The lowest BCUT2D eigenvalue weighted by Gasteiger charge is -2.17. The third kappa shape index (κ3) is 6.05. The molecule has 1 atom stereocenters. The minimum absolute atomic E-state index is 0.307. The molecule has 2 heteroatoms. The lowest BCUT2D eigenvalue weighted by molar-refractivity contribution is 0.312. The van der Waals surface area contributed by atoms with Crippen LogP contribution in [0.15, 0.2) is 0 Å². The van der Waals surface area contributed by atoms with E-state index in [1.54, 1.807) is 0 Å². The summed E-state index contributed by atoms with van der Waals surface area (Å²) in [4.78, 5) is 2.29. The molecule has 0 aromatic heterocycles. The average molecular weight is 144 g/mol. The first-order valence-corrected chi connectivity index (χ1v) is 4.11. The number of hydrogen-bond donors (Lipinski definition) is 1. The van der Waals surface area contributed by atoms with Crippen LogP contribution in [-0.4, -0.2) is 31.1 Å². The minimum atomic E-state index is 0.307. The smallest absolute Gasteiger partial charge is 0.0139 e. The first kappa shape index (κ1) is 9.92. The summed E-state index contributed by atoms with van der Waals surface area (Å²) in [5.74, 6) is 0. The topological polar surface area (TPSA) is 29.3 Å². The molecule has 0 fully saturated rings. The van der Waals surface area contributed by atoms with E-state index in [2.05, 4.69) is 18.9 Å². The molecule has 2 nitrogen and oxygen atoms in total. The Hall–Kier alpha value is -0.0800. The Bertz CT molecular complexity index is 71.7. The van der Waals surface area contributed by atoms with Crippen molar-refractivity contribution in [3.63, 3.8) is 0 Å². The van der Waals surface area contributed by atoms with Gasteiger partial charge in [-0.25, -0.2) is 0 Å². The van der Waals surface area contributed by atoms with E-state index in [4.69, 9.17) is 5.73 Å². The summed E-state index contributed by atoms with van der Waals surface area (Å²) in [7, 11) is 2.12. The van der Waals surface area contributed by atoms with E-state index >= 15 is 0 Å². The molecule has 0 aliphatic rings. The minimum Gasteiger partial charge on any atom is -0.327 e. The summed E-state index contributed by atoms with van der Waals surface area (Å²) in [5.41, 5.74) is 5.62. The van der Waals surface area contributed by atoms with E-state index in [0.29, 0.717) is 6.04 Å². The monoisotopic (exact) mass is 144 g/mol. The van der Waals surface area contributed by atoms with E-state index in [-0.39, 0.29) is 0 Å². The van der Waals surface area contributed by atoms with Crippen molar-refractivity contribution in [2.24, 2.45) is 5.73 Å². The van der Waals surface area contributed by atoms with Crippen LogP contribution < -0.4 is 5.73 Å². The molecule has 0 rings (SSSR count). The Balaban J connectivity index is 3.16. The summed E-state index contributed by atoms with van der Waals surface area (Å²) >= 11 is 0. The predicted molar refractivity (Wildman–Crippen MR) is 46.1 cm³/mol. The fourth-order valence-electron chi connectivity index (χ4n) is 1.01. The van der Waals surface area contributed by atoms with E-state index in [1.807, 2.05) is 6.92 Å². The van der Waals surface area contributed by atoms with Crippen LogP contribution in [0.5, 0.6) is 0 Å². The highest BCUT2D eigenvalue weighted by atomic mass is 15.1. The van der Waals surface area contributed by atoms with Crippen molar-refractivity contribution in [1.82, 2.24) is 4.90 Å². The number of likely N-dealkylation sites (N-methyl/N-ethyl adjacent to an activating group) is 1. The van der Waals surface area contributed by atoms with Crippen LogP contribution in [0.25, 0.3) is 0 Å². The van der Waals surface area contributed by atoms with Gasteiger partial charge in [-0.3, -0.25) is 0 Å². The maximum absolute atomic E-state index is 5.62. The van der Waals surface area contributed by atoms with Crippen molar-refractivity contribution in [3.8, 4) is 0 Å².